The topological polar surface area (TPSA) is 0 Å². The summed E-state index contributed by atoms with van der Waals surface area (Å²) < 4.78 is 0. The van der Waals surface area contributed by atoms with E-state index in [9.17, 15) is 0 Å². The molecule has 2 aromatic carbocycles. The fourth-order valence-corrected chi connectivity index (χ4v) is 3.11. The molecule has 2 unspecified atom stereocenters. The van der Waals surface area contributed by atoms with Crippen molar-refractivity contribution in [2.24, 2.45) is 0 Å². The molecule has 0 saturated carbocycles. The Morgan fingerprint density at radius 2 is 1.12 bits per heavy atom. The molecule has 0 spiro atoms. The van der Waals surface area contributed by atoms with E-state index in [4.69, 9.17) is 0 Å². The minimum absolute atomic E-state index is 0. The van der Waals surface area contributed by atoms with E-state index in [-0.39, 0.29) is 30.2 Å². The van der Waals surface area contributed by atoms with Crippen LogP contribution in [0.15, 0.2) is 60.7 Å². The van der Waals surface area contributed by atoms with E-state index < -0.39 is 0 Å². The number of fused-ring (bicyclic) bond motifs is 2. The van der Waals surface area contributed by atoms with E-state index in [1.807, 2.05) is 0 Å². The molecule has 4 rings (SSSR count). The Labute approximate surface area is 179 Å². The van der Waals surface area contributed by atoms with Crippen LogP contribution in [0.4, 0.5) is 0 Å². The summed E-state index contributed by atoms with van der Waals surface area (Å²) in [5, 5.41) is 0. The Bertz CT molecular complexity index is 719. The Balaban J connectivity index is 0.000000476. The summed E-state index contributed by atoms with van der Waals surface area (Å²) >= 11 is 1.74. The van der Waals surface area contributed by atoms with Crippen molar-refractivity contribution >= 4 is 17.6 Å². The summed E-state index contributed by atoms with van der Waals surface area (Å²) in [5.41, 5.74) is 5.79. The molecule has 0 bridgehead atoms. The quantitative estimate of drug-likeness (QED) is 0.420. The minimum Gasteiger partial charge on any atom is -1.00 e. The monoisotopic (exact) mass is 461 g/mol. The van der Waals surface area contributed by atoms with Crippen molar-refractivity contribution in [3.8, 4) is 0 Å². The smallest absolute Gasteiger partial charge is 1.00 e. The molecule has 128 valence electrons. The number of allylic oxidation sites excluding steroid dienone is 2. The zero-order chi connectivity index (χ0) is 16.2. The average Bonchev–Trinajstić information content (AvgIpc) is 3.13. The summed E-state index contributed by atoms with van der Waals surface area (Å²) in [5.74, 6) is 0.883. The van der Waals surface area contributed by atoms with Crippen molar-refractivity contribution < 1.29 is 48.1 Å². The second kappa shape index (κ2) is 10.7. The van der Waals surface area contributed by atoms with Crippen molar-refractivity contribution in [1.29, 1.82) is 0 Å². The molecule has 2 atom stereocenters. The van der Waals surface area contributed by atoms with Crippen LogP contribution in [0.1, 0.15) is 34.1 Å². The first-order valence-electron chi connectivity index (χ1n) is 8.06. The van der Waals surface area contributed by atoms with Gasteiger partial charge in [0, 0.05) is 0 Å². The van der Waals surface area contributed by atoms with Gasteiger partial charge in [0.05, 0.1) is 0 Å². The van der Waals surface area contributed by atoms with Gasteiger partial charge in [0.2, 0.25) is 0 Å². The van der Waals surface area contributed by atoms with Gasteiger partial charge in [0.1, 0.15) is 0 Å². The Morgan fingerprint density at radius 1 is 0.760 bits per heavy atom. The number of benzene rings is 2. The zero-order valence-corrected chi connectivity index (χ0v) is 19.4. The maximum absolute atomic E-state index is 2.45. The van der Waals surface area contributed by atoms with Crippen LogP contribution in [0.3, 0.4) is 0 Å². The molecule has 0 N–H and O–H groups in total. The molecule has 25 heavy (non-hydrogen) atoms. The third-order valence-corrected chi connectivity index (χ3v) is 4.09. The number of halogens is 2. The van der Waals surface area contributed by atoms with Gasteiger partial charge < -0.3 is 31.2 Å². The maximum Gasteiger partial charge on any atom is -1.00 e. The molecule has 0 amide bonds. The molecule has 0 radical (unpaired) electrons. The summed E-state index contributed by atoms with van der Waals surface area (Å²) in [7, 11) is 0. The average molecular weight is 464 g/mol. The van der Waals surface area contributed by atoms with Gasteiger partial charge in [-0.05, 0) is 11.1 Å². The summed E-state index contributed by atoms with van der Waals surface area (Å²) in [6.07, 6.45) is 11.5. The van der Waals surface area contributed by atoms with Gasteiger partial charge in [-0.25, -0.2) is 0 Å². The minimum atomic E-state index is 0. The number of rotatable bonds is 2. The van der Waals surface area contributed by atoms with Crippen LogP contribution in [0, 0.1) is 6.42 Å². The first kappa shape index (κ1) is 22.6. The first-order chi connectivity index (χ1) is 11.1. The Morgan fingerprint density at radius 3 is 1.52 bits per heavy atom. The maximum atomic E-state index is 2.45. The van der Waals surface area contributed by atoms with E-state index in [1.165, 1.54) is 22.3 Å². The SMILES string of the molecule is C1=CC([CH-]C2C=Cc3ccccc32)c2ccccc21.C[Si](C)=[Zr+2].[Cl-].[Cl-]. The van der Waals surface area contributed by atoms with E-state index in [0.29, 0.717) is 11.8 Å². The van der Waals surface area contributed by atoms with Crippen LogP contribution in [0.25, 0.3) is 12.2 Å². The molecule has 2 aliphatic rings. The third kappa shape index (κ3) is 5.79. The standard InChI is InChI=1S/C19H15.C2H6Si.2ClH.Zr/c1-3-7-18-14(5-1)9-11-16(18)13-17-12-10-15-6-2-4-8-19(15)17;1-3-2;;;/h1-13,16-17H;1-2H3;2*1H;/q-1;;;;+2/p-2. The Kier molecular flexibility index (Phi) is 9.67. The van der Waals surface area contributed by atoms with Crippen molar-refractivity contribution in [1.82, 2.24) is 0 Å². The van der Waals surface area contributed by atoms with Crippen molar-refractivity contribution in [3.63, 3.8) is 0 Å². The van der Waals surface area contributed by atoms with Crippen molar-refractivity contribution in [2.75, 3.05) is 0 Å². The largest absolute Gasteiger partial charge is 1.00 e. The van der Waals surface area contributed by atoms with Crippen molar-refractivity contribution in [3.05, 3.63) is 89.4 Å². The van der Waals surface area contributed by atoms with Crippen LogP contribution >= 0.6 is 0 Å². The third-order valence-electron chi connectivity index (χ3n) is 4.09. The molecule has 0 aliphatic heterocycles. The van der Waals surface area contributed by atoms with Gasteiger partial charge in [0.25, 0.3) is 0 Å². The van der Waals surface area contributed by atoms with Gasteiger partial charge in [-0.2, -0.15) is 0 Å². The normalized spacial score (nSPS) is 18.2. The van der Waals surface area contributed by atoms with Gasteiger partial charge in [-0.15, -0.1) is 24.0 Å². The molecule has 0 saturated heterocycles. The molecule has 0 heterocycles. The molecule has 0 aromatic heterocycles. The molecule has 2 aromatic rings. The molecule has 0 fully saturated rings. The molecule has 2 aliphatic carbocycles. The molecular weight excluding hydrogens is 442 g/mol. The van der Waals surface area contributed by atoms with Crippen LogP contribution in [-0.2, 0) is 23.3 Å². The van der Waals surface area contributed by atoms with Gasteiger partial charge in [-0.1, -0.05) is 71.8 Å². The molecule has 4 heteroatoms. The van der Waals surface area contributed by atoms with E-state index in [0.717, 1.165) is 0 Å². The van der Waals surface area contributed by atoms with Crippen LogP contribution < -0.4 is 24.8 Å². The van der Waals surface area contributed by atoms with Crippen LogP contribution in [-0.4, -0.2) is 5.43 Å². The second-order valence-electron chi connectivity index (χ2n) is 6.22. The predicted molar refractivity (Wildman–Crippen MR) is 98.2 cm³/mol. The van der Waals surface area contributed by atoms with E-state index in [1.54, 1.807) is 23.3 Å². The molecular formula is C21H21Cl2SiZr-. The number of hydrogen-bond donors (Lipinski definition) is 0. The zero-order valence-electron chi connectivity index (χ0n) is 14.4. The first-order valence-corrected chi connectivity index (χ1v) is 14.2. The van der Waals surface area contributed by atoms with Crippen molar-refractivity contribution in [2.45, 2.75) is 24.9 Å². The van der Waals surface area contributed by atoms with Gasteiger partial charge in [0.15, 0.2) is 0 Å². The molecule has 0 nitrogen and oxygen atoms in total. The summed E-state index contributed by atoms with van der Waals surface area (Å²) in [6, 6.07) is 17.3. The Hall–Kier alpha value is -0.400. The fraction of sp³-hybridized carbons (Fsp3) is 0.190. The summed E-state index contributed by atoms with van der Waals surface area (Å²) in [6.45, 7) is 4.62. The van der Waals surface area contributed by atoms with E-state index in [2.05, 4.69) is 92.3 Å². The van der Waals surface area contributed by atoms with Gasteiger partial charge >= 0.3 is 41.9 Å². The van der Waals surface area contributed by atoms with Crippen LogP contribution in [0.2, 0.25) is 13.1 Å². The fourth-order valence-electron chi connectivity index (χ4n) is 3.11. The second-order valence-corrected chi connectivity index (χ2v) is 15.6. The predicted octanol–water partition coefficient (Wildman–Crippen LogP) is -0.396. The van der Waals surface area contributed by atoms with Crippen LogP contribution in [0.5, 0.6) is 0 Å². The number of hydrogen-bond acceptors (Lipinski definition) is 0. The van der Waals surface area contributed by atoms with E-state index >= 15 is 0 Å². The van der Waals surface area contributed by atoms with Gasteiger partial charge in [-0.3, -0.25) is 0 Å². The summed E-state index contributed by atoms with van der Waals surface area (Å²) in [4.78, 5) is 0.